The van der Waals surface area contributed by atoms with Crippen LogP contribution in [-0.4, -0.2) is 37.0 Å². The van der Waals surface area contributed by atoms with E-state index >= 15 is 0 Å². The molecule has 1 aromatic rings. The third-order valence-electron chi connectivity index (χ3n) is 2.93. The molecule has 1 aliphatic rings. The van der Waals surface area contributed by atoms with Gasteiger partial charge >= 0.3 is 6.18 Å². The van der Waals surface area contributed by atoms with Crippen molar-refractivity contribution in [2.45, 2.75) is 6.18 Å². The first-order chi connectivity index (χ1) is 8.89. The van der Waals surface area contributed by atoms with Gasteiger partial charge in [0, 0.05) is 36.2 Å². The van der Waals surface area contributed by atoms with Gasteiger partial charge in [0.1, 0.15) is 0 Å². The van der Waals surface area contributed by atoms with Crippen molar-refractivity contribution in [3.05, 3.63) is 33.8 Å². The predicted molar refractivity (Wildman–Crippen MR) is 67.9 cm³/mol. The molecule has 19 heavy (non-hydrogen) atoms. The van der Waals surface area contributed by atoms with Crippen LogP contribution in [0.25, 0.3) is 0 Å². The molecule has 0 saturated carbocycles. The second-order valence-electron chi connectivity index (χ2n) is 4.23. The molecule has 0 aliphatic carbocycles. The molecule has 104 valence electrons. The lowest BCUT2D eigenvalue weighted by molar-refractivity contribution is -0.138. The zero-order chi connectivity index (χ0) is 14.0. The van der Waals surface area contributed by atoms with Crippen molar-refractivity contribution in [3.8, 4) is 0 Å². The van der Waals surface area contributed by atoms with Crippen LogP contribution in [0.2, 0.25) is 0 Å². The number of hydrogen-bond acceptors (Lipinski definition) is 2. The van der Waals surface area contributed by atoms with Crippen LogP contribution in [0, 0.1) is 0 Å². The van der Waals surface area contributed by atoms with Crippen LogP contribution in [0.3, 0.4) is 0 Å². The van der Waals surface area contributed by atoms with E-state index in [1.807, 2.05) is 0 Å². The van der Waals surface area contributed by atoms with Gasteiger partial charge in [0.25, 0.3) is 5.91 Å². The Balaban J connectivity index is 2.22. The van der Waals surface area contributed by atoms with Gasteiger partial charge in [0.05, 0.1) is 5.56 Å². The topological polar surface area (TPSA) is 32.3 Å². The van der Waals surface area contributed by atoms with Gasteiger partial charge in [-0.15, -0.1) is 0 Å². The van der Waals surface area contributed by atoms with E-state index in [9.17, 15) is 18.0 Å². The van der Waals surface area contributed by atoms with Gasteiger partial charge in [-0.3, -0.25) is 4.79 Å². The Hall–Kier alpha value is -1.08. The maximum absolute atomic E-state index is 12.6. The smallest absolute Gasteiger partial charge is 0.336 e. The third kappa shape index (κ3) is 3.27. The molecule has 2 rings (SSSR count). The first-order valence-corrected chi connectivity index (χ1v) is 6.55. The number of nitrogens with one attached hydrogen (secondary N) is 1. The molecule has 1 saturated heterocycles. The lowest BCUT2D eigenvalue weighted by atomic mass is 10.1. The molecule has 7 heteroatoms. The standard InChI is InChI=1S/C12H12BrF3N2O/c13-10-7-8(1-2-9(10)12(14,15)16)11(19)18-5-3-17-4-6-18/h1-2,7,17H,3-6H2. The maximum atomic E-state index is 12.6. The number of alkyl halides is 3. The van der Waals surface area contributed by atoms with Crippen molar-refractivity contribution in [1.82, 2.24) is 10.2 Å². The minimum atomic E-state index is -4.42. The molecule has 0 unspecified atom stereocenters. The highest BCUT2D eigenvalue weighted by Gasteiger charge is 2.33. The number of rotatable bonds is 1. The summed E-state index contributed by atoms with van der Waals surface area (Å²) in [6, 6.07) is 3.38. The SMILES string of the molecule is O=C(c1ccc(C(F)(F)F)c(Br)c1)N1CCNCC1. The highest BCUT2D eigenvalue weighted by atomic mass is 79.9. The van der Waals surface area contributed by atoms with Crippen molar-refractivity contribution in [1.29, 1.82) is 0 Å². The summed E-state index contributed by atoms with van der Waals surface area (Å²) in [4.78, 5) is 13.7. The van der Waals surface area contributed by atoms with E-state index in [1.54, 1.807) is 4.90 Å². The first-order valence-electron chi connectivity index (χ1n) is 5.76. The van der Waals surface area contributed by atoms with Crippen LogP contribution in [0.1, 0.15) is 15.9 Å². The average molecular weight is 337 g/mol. The van der Waals surface area contributed by atoms with Gasteiger partial charge in [-0.1, -0.05) is 15.9 Å². The molecule has 1 N–H and O–H groups in total. The highest BCUT2D eigenvalue weighted by Crippen LogP contribution is 2.35. The number of carbonyl (C=O) groups is 1. The van der Waals surface area contributed by atoms with Gasteiger partial charge in [-0.25, -0.2) is 0 Å². The van der Waals surface area contributed by atoms with Crippen LogP contribution in [0.15, 0.2) is 22.7 Å². The number of halogens is 4. The molecule has 1 aliphatic heterocycles. The van der Waals surface area contributed by atoms with E-state index in [0.717, 1.165) is 6.07 Å². The minimum absolute atomic E-state index is 0.110. The lowest BCUT2D eigenvalue weighted by Gasteiger charge is -2.27. The van der Waals surface area contributed by atoms with Gasteiger partial charge in [-0.2, -0.15) is 13.2 Å². The van der Waals surface area contributed by atoms with E-state index in [4.69, 9.17) is 0 Å². The molecular formula is C12H12BrF3N2O. The Bertz CT molecular complexity index is 484. The summed E-state index contributed by atoms with van der Waals surface area (Å²) in [7, 11) is 0. The summed E-state index contributed by atoms with van der Waals surface area (Å²) in [5.74, 6) is -0.240. The monoisotopic (exact) mass is 336 g/mol. The summed E-state index contributed by atoms with van der Waals surface area (Å²) in [5.41, 5.74) is -0.508. The fraction of sp³-hybridized carbons (Fsp3) is 0.417. The molecule has 0 bridgehead atoms. The second-order valence-corrected chi connectivity index (χ2v) is 5.09. The summed E-state index contributed by atoms with van der Waals surface area (Å²) >= 11 is 2.87. The quantitative estimate of drug-likeness (QED) is 0.854. The number of carbonyl (C=O) groups excluding carboxylic acids is 1. The molecule has 1 aromatic carbocycles. The lowest BCUT2D eigenvalue weighted by Crippen LogP contribution is -2.46. The van der Waals surface area contributed by atoms with Crippen molar-refractivity contribution >= 4 is 21.8 Å². The largest absolute Gasteiger partial charge is 0.417 e. The molecule has 3 nitrogen and oxygen atoms in total. The zero-order valence-electron chi connectivity index (χ0n) is 9.93. The van der Waals surface area contributed by atoms with Crippen LogP contribution in [0.4, 0.5) is 13.2 Å². The molecule has 0 atom stereocenters. The Morgan fingerprint density at radius 2 is 1.89 bits per heavy atom. The highest BCUT2D eigenvalue weighted by molar-refractivity contribution is 9.10. The Morgan fingerprint density at radius 3 is 2.42 bits per heavy atom. The summed E-state index contributed by atoms with van der Waals surface area (Å²) in [6.07, 6.45) is -4.42. The number of piperazine rings is 1. The van der Waals surface area contributed by atoms with Gasteiger partial charge in [0.15, 0.2) is 0 Å². The molecular weight excluding hydrogens is 325 g/mol. The molecule has 1 heterocycles. The van der Waals surface area contributed by atoms with Crippen molar-refractivity contribution < 1.29 is 18.0 Å². The van der Waals surface area contributed by atoms with Crippen molar-refractivity contribution in [2.75, 3.05) is 26.2 Å². The fourth-order valence-electron chi connectivity index (χ4n) is 1.93. The van der Waals surface area contributed by atoms with E-state index in [0.29, 0.717) is 26.2 Å². The number of benzene rings is 1. The van der Waals surface area contributed by atoms with Gasteiger partial charge in [0.2, 0.25) is 0 Å². The number of hydrogen-bond donors (Lipinski definition) is 1. The zero-order valence-corrected chi connectivity index (χ0v) is 11.5. The summed E-state index contributed by atoms with van der Waals surface area (Å²) in [5, 5.41) is 3.11. The minimum Gasteiger partial charge on any atom is -0.336 e. The van der Waals surface area contributed by atoms with Gasteiger partial charge < -0.3 is 10.2 Å². The normalized spacial score (nSPS) is 16.5. The van der Waals surface area contributed by atoms with E-state index in [1.165, 1.54) is 12.1 Å². The second kappa shape index (κ2) is 5.50. The Kier molecular flexibility index (Phi) is 4.15. The molecule has 1 amide bonds. The summed E-state index contributed by atoms with van der Waals surface area (Å²) < 4.78 is 37.7. The van der Waals surface area contributed by atoms with E-state index < -0.39 is 11.7 Å². The Morgan fingerprint density at radius 1 is 1.26 bits per heavy atom. The number of nitrogens with zero attached hydrogens (tertiary/aromatic N) is 1. The van der Waals surface area contributed by atoms with Crippen LogP contribution >= 0.6 is 15.9 Å². The van der Waals surface area contributed by atoms with Crippen molar-refractivity contribution in [3.63, 3.8) is 0 Å². The van der Waals surface area contributed by atoms with Crippen LogP contribution in [-0.2, 0) is 6.18 Å². The fourth-order valence-corrected chi connectivity index (χ4v) is 2.53. The molecule has 1 fully saturated rings. The van der Waals surface area contributed by atoms with Gasteiger partial charge in [-0.05, 0) is 18.2 Å². The van der Waals surface area contributed by atoms with Crippen molar-refractivity contribution in [2.24, 2.45) is 0 Å². The van der Waals surface area contributed by atoms with Crippen LogP contribution < -0.4 is 5.32 Å². The summed E-state index contributed by atoms with van der Waals surface area (Å²) in [6.45, 7) is 2.54. The molecule has 0 aromatic heterocycles. The molecule has 0 radical (unpaired) electrons. The van der Waals surface area contributed by atoms with E-state index in [-0.39, 0.29) is 15.9 Å². The van der Waals surface area contributed by atoms with E-state index in [2.05, 4.69) is 21.2 Å². The predicted octanol–water partition coefficient (Wildman–Crippen LogP) is 2.51. The number of amides is 1. The van der Waals surface area contributed by atoms with Crippen LogP contribution in [0.5, 0.6) is 0 Å². The molecule has 0 spiro atoms. The maximum Gasteiger partial charge on any atom is 0.417 e. The third-order valence-corrected chi connectivity index (χ3v) is 3.58. The average Bonchev–Trinajstić information content (AvgIpc) is 2.37. The first kappa shape index (κ1) is 14.3. The Labute approximate surface area is 116 Å².